The third kappa shape index (κ3) is 5.48. The summed E-state index contributed by atoms with van der Waals surface area (Å²) in [5, 5.41) is 3.57. The number of aromatic amines is 1. The maximum atomic E-state index is 13.2. The number of aromatic nitrogens is 1. The maximum absolute atomic E-state index is 13.2. The normalized spacial score (nSPS) is 15.1. The van der Waals surface area contributed by atoms with Crippen molar-refractivity contribution < 1.29 is 22.7 Å². The van der Waals surface area contributed by atoms with Gasteiger partial charge in [-0.05, 0) is 49.1 Å². The molecule has 0 spiro atoms. The second kappa shape index (κ2) is 10.4. The fourth-order valence-corrected chi connectivity index (χ4v) is 5.97. The van der Waals surface area contributed by atoms with Crippen LogP contribution >= 0.6 is 0 Å². The van der Waals surface area contributed by atoms with Crippen molar-refractivity contribution in [3.05, 3.63) is 59.8 Å². The molecule has 1 aromatic heterocycles. The molecule has 3 aromatic rings. The Bertz CT molecular complexity index is 1290. The summed E-state index contributed by atoms with van der Waals surface area (Å²) in [5.74, 6) is -1.05. The van der Waals surface area contributed by atoms with E-state index in [1.807, 2.05) is 24.3 Å². The SMILES string of the molecule is Cc1ccc(NC(=O)COC(=O)Cc2c[nH]c3ccccc23)cc1S(=O)(=O)N1CCCCCC1. The molecular weight excluding hydrogens is 454 g/mol. The lowest BCUT2D eigenvalue weighted by molar-refractivity contribution is -0.146. The van der Waals surface area contributed by atoms with Gasteiger partial charge in [0.15, 0.2) is 6.61 Å². The van der Waals surface area contributed by atoms with Crippen LogP contribution < -0.4 is 5.32 Å². The molecular formula is C25H29N3O5S. The van der Waals surface area contributed by atoms with Crippen LogP contribution in [0.1, 0.15) is 36.8 Å². The molecule has 4 rings (SSSR count). The Hall–Kier alpha value is -3.17. The minimum absolute atomic E-state index is 0.0417. The molecule has 1 saturated heterocycles. The van der Waals surface area contributed by atoms with E-state index in [2.05, 4.69) is 10.3 Å². The molecule has 1 aliphatic rings. The van der Waals surface area contributed by atoms with Gasteiger partial charge in [-0.2, -0.15) is 4.31 Å². The van der Waals surface area contributed by atoms with Gasteiger partial charge in [-0.25, -0.2) is 8.42 Å². The van der Waals surface area contributed by atoms with Crippen LogP contribution in [0.15, 0.2) is 53.6 Å². The lowest BCUT2D eigenvalue weighted by Gasteiger charge is -2.21. The standard InChI is InChI=1S/C25H29N3O5S/c1-18-10-11-20(15-23(18)34(31,32)28-12-6-2-3-7-13-28)27-24(29)17-33-25(30)14-19-16-26-22-9-5-4-8-21(19)22/h4-5,8-11,15-16,26H,2-3,6-7,12-14,17H2,1H3,(H,27,29). The molecule has 0 bridgehead atoms. The summed E-state index contributed by atoms with van der Waals surface area (Å²) in [4.78, 5) is 27.9. The number of ether oxygens (including phenoxy) is 1. The van der Waals surface area contributed by atoms with Crippen molar-refractivity contribution in [3.8, 4) is 0 Å². The number of benzene rings is 2. The largest absolute Gasteiger partial charge is 0.455 e. The zero-order valence-corrected chi connectivity index (χ0v) is 20.0. The highest BCUT2D eigenvalue weighted by molar-refractivity contribution is 7.89. The number of amides is 1. The van der Waals surface area contributed by atoms with Gasteiger partial charge in [-0.1, -0.05) is 37.1 Å². The predicted octanol–water partition coefficient (Wildman–Crippen LogP) is 3.77. The van der Waals surface area contributed by atoms with Crippen LogP contribution in [0.2, 0.25) is 0 Å². The molecule has 0 saturated carbocycles. The number of fused-ring (bicyclic) bond motifs is 1. The quantitative estimate of drug-likeness (QED) is 0.498. The number of sulfonamides is 1. The molecule has 0 radical (unpaired) electrons. The number of hydrogen-bond acceptors (Lipinski definition) is 5. The van der Waals surface area contributed by atoms with Crippen LogP contribution in [0.25, 0.3) is 10.9 Å². The maximum Gasteiger partial charge on any atom is 0.310 e. The van der Waals surface area contributed by atoms with Gasteiger partial charge in [0, 0.05) is 35.9 Å². The van der Waals surface area contributed by atoms with Crippen LogP contribution in [0.3, 0.4) is 0 Å². The highest BCUT2D eigenvalue weighted by Crippen LogP contribution is 2.26. The zero-order chi connectivity index (χ0) is 24.1. The number of rotatable bonds is 7. The van der Waals surface area contributed by atoms with Crippen LogP contribution in [-0.4, -0.2) is 49.3 Å². The molecule has 0 unspecified atom stereocenters. The molecule has 0 aliphatic carbocycles. The van der Waals surface area contributed by atoms with Gasteiger partial charge in [0.25, 0.3) is 5.91 Å². The minimum Gasteiger partial charge on any atom is -0.455 e. The fraction of sp³-hybridized carbons (Fsp3) is 0.360. The van der Waals surface area contributed by atoms with Gasteiger partial charge in [0.05, 0.1) is 11.3 Å². The second-order valence-electron chi connectivity index (χ2n) is 8.54. The van der Waals surface area contributed by atoms with E-state index in [0.717, 1.165) is 42.1 Å². The first-order chi connectivity index (χ1) is 16.3. The molecule has 34 heavy (non-hydrogen) atoms. The van der Waals surface area contributed by atoms with Gasteiger partial charge < -0.3 is 15.0 Å². The minimum atomic E-state index is -3.65. The van der Waals surface area contributed by atoms with Crippen molar-refractivity contribution in [2.24, 2.45) is 0 Å². The summed E-state index contributed by atoms with van der Waals surface area (Å²) in [6, 6.07) is 12.4. The number of H-pyrrole nitrogens is 1. The van der Waals surface area contributed by atoms with Crippen LogP contribution in [0.5, 0.6) is 0 Å². The Kier molecular flexibility index (Phi) is 7.33. The molecule has 2 aromatic carbocycles. The fourth-order valence-electron chi connectivity index (χ4n) is 4.20. The average molecular weight is 484 g/mol. The van der Waals surface area contributed by atoms with E-state index >= 15 is 0 Å². The summed E-state index contributed by atoms with van der Waals surface area (Å²) in [5.41, 5.74) is 2.68. The van der Waals surface area contributed by atoms with Crippen molar-refractivity contribution in [1.29, 1.82) is 0 Å². The monoisotopic (exact) mass is 483 g/mol. The van der Waals surface area contributed by atoms with E-state index in [0.29, 0.717) is 24.3 Å². The Morgan fingerprint density at radius 3 is 2.56 bits per heavy atom. The van der Waals surface area contributed by atoms with Crippen molar-refractivity contribution in [1.82, 2.24) is 9.29 Å². The number of nitrogens with zero attached hydrogens (tertiary/aromatic N) is 1. The van der Waals surface area contributed by atoms with E-state index in [1.54, 1.807) is 25.3 Å². The van der Waals surface area contributed by atoms with Crippen molar-refractivity contribution >= 4 is 38.5 Å². The molecule has 1 fully saturated rings. The molecule has 1 aliphatic heterocycles. The first-order valence-corrected chi connectivity index (χ1v) is 12.9. The van der Waals surface area contributed by atoms with Gasteiger partial charge in [0.2, 0.25) is 10.0 Å². The summed E-state index contributed by atoms with van der Waals surface area (Å²) in [6.07, 6.45) is 5.54. The molecule has 8 nitrogen and oxygen atoms in total. The van der Waals surface area contributed by atoms with Gasteiger partial charge in [-0.3, -0.25) is 9.59 Å². The highest BCUT2D eigenvalue weighted by atomic mass is 32.2. The van der Waals surface area contributed by atoms with E-state index in [9.17, 15) is 18.0 Å². The lowest BCUT2D eigenvalue weighted by atomic mass is 10.1. The van der Waals surface area contributed by atoms with Gasteiger partial charge in [-0.15, -0.1) is 0 Å². The Morgan fingerprint density at radius 1 is 1.06 bits per heavy atom. The first kappa shape index (κ1) is 24.0. The molecule has 9 heteroatoms. The number of para-hydroxylation sites is 1. The van der Waals surface area contributed by atoms with Crippen molar-refractivity contribution in [2.75, 3.05) is 25.0 Å². The van der Waals surface area contributed by atoms with Gasteiger partial charge in [0.1, 0.15) is 0 Å². The Balaban J connectivity index is 1.37. The topological polar surface area (TPSA) is 109 Å². The summed E-state index contributed by atoms with van der Waals surface area (Å²) < 4.78 is 33.1. The van der Waals surface area contributed by atoms with Crippen LogP contribution in [0, 0.1) is 6.92 Å². The third-order valence-electron chi connectivity index (χ3n) is 6.03. The number of nitrogens with one attached hydrogen (secondary N) is 2. The smallest absolute Gasteiger partial charge is 0.310 e. The first-order valence-electron chi connectivity index (χ1n) is 11.5. The Morgan fingerprint density at radius 2 is 1.79 bits per heavy atom. The number of aryl methyl sites for hydroxylation is 1. The molecule has 2 heterocycles. The van der Waals surface area contributed by atoms with Crippen molar-refractivity contribution in [3.63, 3.8) is 0 Å². The predicted molar refractivity (Wildman–Crippen MR) is 130 cm³/mol. The van der Waals surface area contributed by atoms with Crippen LogP contribution in [0.4, 0.5) is 5.69 Å². The molecule has 1 amide bonds. The average Bonchev–Trinajstić information content (AvgIpc) is 3.02. The number of carbonyl (C=O) groups is 2. The molecule has 180 valence electrons. The van der Waals surface area contributed by atoms with E-state index in [1.165, 1.54) is 10.4 Å². The van der Waals surface area contributed by atoms with E-state index in [4.69, 9.17) is 4.74 Å². The number of anilines is 1. The zero-order valence-electron chi connectivity index (χ0n) is 19.2. The van der Waals surface area contributed by atoms with Gasteiger partial charge >= 0.3 is 5.97 Å². The number of carbonyl (C=O) groups excluding carboxylic acids is 2. The lowest BCUT2D eigenvalue weighted by Crippen LogP contribution is -2.32. The number of hydrogen-bond donors (Lipinski definition) is 2. The number of esters is 1. The Labute approximate surface area is 199 Å². The van der Waals surface area contributed by atoms with Crippen LogP contribution in [-0.2, 0) is 30.8 Å². The van der Waals surface area contributed by atoms with Crippen molar-refractivity contribution in [2.45, 2.75) is 43.9 Å². The second-order valence-corrected chi connectivity index (χ2v) is 10.5. The van der Waals surface area contributed by atoms with E-state index < -0.39 is 28.5 Å². The summed E-state index contributed by atoms with van der Waals surface area (Å²) in [7, 11) is -3.65. The third-order valence-corrected chi connectivity index (χ3v) is 8.07. The highest BCUT2D eigenvalue weighted by Gasteiger charge is 2.27. The summed E-state index contributed by atoms with van der Waals surface area (Å²) in [6.45, 7) is 2.29. The van der Waals surface area contributed by atoms with E-state index in [-0.39, 0.29) is 11.3 Å². The molecule has 2 N–H and O–H groups in total. The molecule has 0 atom stereocenters. The summed E-state index contributed by atoms with van der Waals surface area (Å²) >= 11 is 0.